The summed E-state index contributed by atoms with van der Waals surface area (Å²) in [4.78, 5) is 29.1. The fourth-order valence-corrected chi connectivity index (χ4v) is 8.61. The van der Waals surface area contributed by atoms with Crippen molar-refractivity contribution in [3.8, 4) is 0 Å². The Kier molecular flexibility index (Phi) is 6.50. The number of aromatic carboxylic acids is 1. The van der Waals surface area contributed by atoms with Gasteiger partial charge in [-0.25, -0.2) is 9.18 Å². The second kappa shape index (κ2) is 9.47. The van der Waals surface area contributed by atoms with Crippen molar-refractivity contribution in [3.05, 3.63) is 62.9 Å². The van der Waals surface area contributed by atoms with Gasteiger partial charge in [0, 0.05) is 29.7 Å². The van der Waals surface area contributed by atoms with Crippen LogP contribution in [-0.2, 0) is 10.2 Å². The molecule has 2 aromatic carbocycles. The number of nitrogens with zero attached hydrogens (tertiary/aromatic N) is 1. The summed E-state index contributed by atoms with van der Waals surface area (Å²) in [5.74, 6) is -2.54. The van der Waals surface area contributed by atoms with Gasteiger partial charge in [0.05, 0.1) is 21.7 Å². The van der Waals surface area contributed by atoms with Crippen LogP contribution in [0.1, 0.15) is 85.2 Å². The number of fused-ring (bicyclic) bond motifs is 3. The highest BCUT2D eigenvalue weighted by molar-refractivity contribution is 6.34. The van der Waals surface area contributed by atoms with E-state index in [2.05, 4.69) is 10.2 Å². The second-order valence-corrected chi connectivity index (χ2v) is 12.2. The number of carboxylic acids is 1. The Morgan fingerprint density at radius 2 is 1.76 bits per heavy atom. The van der Waals surface area contributed by atoms with Crippen LogP contribution >= 0.6 is 23.2 Å². The Morgan fingerprint density at radius 3 is 2.45 bits per heavy atom. The number of hydrogen-bond donors (Lipinski definition) is 3. The van der Waals surface area contributed by atoms with Gasteiger partial charge in [0.15, 0.2) is 0 Å². The lowest BCUT2D eigenvalue weighted by Gasteiger charge is -2.53. The minimum Gasteiger partial charge on any atom is -0.478 e. The molecule has 9 heteroatoms. The molecule has 6 nitrogen and oxygen atoms in total. The van der Waals surface area contributed by atoms with E-state index in [4.69, 9.17) is 23.2 Å². The molecule has 2 spiro atoms. The molecular weight excluding hydrogens is 530 g/mol. The number of carbonyl (C=O) groups excluding carboxylic acids is 1. The van der Waals surface area contributed by atoms with Crippen molar-refractivity contribution in [1.82, 2.24) is 4.90 Å². The highest BCUT2D eigenvalue weighted by Gasteiger charge is 2.72. The van der Waals surface area contributed by atoms with Crippen LogP contribution in [0, 0.1) is 5.82 Å². The minimum absolute atomic E-state index is 0.00413. The molecule has 2 aromatic rings. The number of anilines is 1. The number of halogens is 3. The number of hydrogen-bond acceptors (Lipinski definition) is 4. The first kappa shape index (κ1) is 26.1. The number of aliphatic hydroxyl groups is 1. The summed E-state index contributed by atoms with van der Waals surface area (Å²) in [7, 11) is 0. The van der Waals surface area contributed by atoms with Gasteiger partial charge >= 0.3 is 5.97 Å². The molecular formula is C29H31Cl2FN2O4. The van der Waals surface area contributed by atoms with Gasteiger partial charge in [-0.2, -0.15) is 0 Å². The van der Waals surface area contributed by atoms with Crippen molar-refractivity contribution in [1.29, 1.82) is 0 Å². The number of aliphatic hydroxyl groups excluding tert-OH is 1. The first-order chi connectivity index (χ1) is 18.2. The topological polar surface area (TPSA) is 89.9 Å². The predicted octanol–water partition coefficient (Wildman–Crippen LogP) is 6.13. The van der Waals surface area contributed by atoms with Crippen molar-refractivity contribution < 1.29 is 24.2 Å². The van der Waals surface area contributed by atoms with Gasteiger partial charge in [-0.1, -0.05) is 54.6 Å². The molecule has 0 radical (unpaired) electrons. The molecule has 3 fully saturated rings. The lowest BCUT2D eigenvalue weighted by molar-refractivity contribution is -0.127. The van der Waals surface area contributed by atoms with Crippen LogP contribution in [0.25, 0.3) is 0 Å². The number of carbonyl (C=O) groups is 2. The number of carboxylic acid groups (broad SMARTS) is 1. The van der Waals surface area contributed by atoms with Crippen molar-refractivity contribution >= 4 is 40.8 Å². The van der Waals surface area contributed by atoms with E-state index in [1.54, 1.807) is 12.1 Å². The average molecular weight is 561 g/mol. The van der Waals surface area contributed by atoms with Crippen molar-refractivity contribution in [2.24, 2.45) is 0 Å². The first-order valence-corrected chi connectivity index (χ1v) is 14.2. The summed E-state index contributed by atoms with van der Waals surface area (Å²) in [5, 5.41) is 23.3. The summed E-state index contributed by atoms with van der Waals surface area (Å²) in [6.07, 6.45) is 6.97. The zero-order valence-corrected chi connectivity index (χ0v) is 22.5. The molecule has 2 atom stereocenters. The Balaban J connectivity index is 1.64. The maximum atomic E-state index is 15.8. The number of rotatable bonds is 3. The third-order valence-electron chi connectivity index (χ3n) is 9.70. The molecule has 1 saturated heterocycles. The summed E-state index contributed by atoms with van der Waals surface area (Å²) in [5.41, 5.74) is -0.500. The first-order valence-electron chi connectivity index (χ1n) is 13.5. The summed E-state index contributed by atoms with van der Waals surface area (Å²) < 4.78 is 15.8. The molecule has 38 heavy (non-hydrogen) atoms. The van der Waals surface area contributed by atoms with Gasteiger partial charge in [-0.3, -0.25) is 9.69 Å². The van der Waals surface area contributed by atoms with Crippen LogP contribution in [0.4, 0.5) is 10.1 Å². The van der Waals surface area contributed by atoms with E-state index < -0.39 is 28.7 Å². The van der Waals surface area contributed by atoms with E-state index in [0.717, 1.165) is 44.9 Å². The average Bonchev–Trinajstić information content (AvgIpc) is 3.33. The molecule has 2 heterocycles. The molecule has 3 N–H and O–H groups in total. The highest BCUT2D eigenvalue weighted by atomic mass is 35.5. The van der Waals surface area contributed by atoms with Gasteiger partial charge in [-0.05, 0) is 67.9 Å². The third kappa shape index (κ3) is 3.58. The summed E-state index contributed by atoms with van der Waals surface area (Å²) >= 11 is 12.6. The lowest BCUT2D eigenvalue weighted by Crippen LogP contribution is -2.63. The molecule has 2 aliphatic heterocycles. The lowest BCUT2D eigenvalue weighted by atomic mass is 9.55. The highest BCUT2D eigenvalue weighted by Crippen LogP contribution is 2.65. The quantitative estimate of drug-likeness (QED) is 0.420. The van der Waals surface area contributed by atoms with Crippen LogP contribution < -0.4 is 5.32 Å². The van der Waals surface area contributed by atoms with E-state index in [0.29, 0.717) is 36.2 Å². The molecule has 1 amide bonds. The number of benzene rings is 2. The molecule has 202 valence electrons. The molecule has 0 aromatic heterocycles. The predicted molar refractivity (Wildman–Crippen MR) is 144 cm³/mol. The van der Waals surface area contributed by atoms with Crippen LogP contribution in [0.2, 0.25) is 10.0 Å². The monoisotopic (exact) mass is 560 g/mol. The third-order valence-corrected chi connectivity index (χ3v) is 10.3. The molecule has 1 unspecified atom stereocenters. The largest absolute Gasteiger partial charge is 0.478 e. The number of nitrogens with one attached hydrogen (secondary N) is 1. The SMILES string of the molecule is O=C(O)c1cc2c(cc1Cl)NC(=O)C21[C@@H](c2cccc(Cl)c2F)CN([C@H]2CC[C@H](O)CC2)C12CCCCC2. The van der Waals surface area contributed by atoms with E-state index in [9.17, 15) is 19.8 Å². The molecule has 2 aliphatic carbocycles. The van der Waals surface area contributed by atoms with Crippen LogP contribution in [0.3, 0.4) is 0 Å². The Morgan fingerprint density at radius 1 is 1.05 bits per heavy atom. The Bertz CT molecular complexity index is 1310. The van der Waals surface area contributed by atoms with Gasteiger partial charge < -0.3 is 15.5 Å². The summed E-state index contributed by atoms with van der Waals surface area (Å²) in [6.45, 7) is 0.440. The molecule has 4 aliphatic rings. The maximum absolute atomic E-state index is 15.8. The van der Waals surface area contributed by atoms with Crippen molar-refractivity contribution in [3.63, 3.8) is 0 Å². The Labute approximate surface area is 231 Å². The summed E-state index contributed by atoms with van der Waals surface area (Å²) in [6, 6.07) is 8.11. The van der Waals surface area contributed by atoms with Gasteiger partial charge in [0.25, 0.3) is 0 Å². The van der Waals surface area contributed by atoms with Crippen LogP contribution in [0.5, 0.6) is 0 Å². The van der Waals surface area contributed by atoms with E-state index >= 15 is 4.39 Å². The van der Waals surface area contributed by atoms with Crippen molar-refractivity contribution in [2.45, 2.75) is 86.8 Å². The number of likely N-dealkylation sites (tertiary alicyclic amines) is 1. The van der Waals surface area contributed by atoms with Gasteiger partial charge in [0.2, 0.25) is 5.91 Å². The fourth-order valence-electron chi connectivity index (χ4n) is 8.19. The fraction of sp³-hybridized carbons (Fsp3) is 0.517. The number of amides is 1. The van der Waals surface area contributed by atoms with Gasteiger partial charge in [-0.15, -0.1) is 0 Å². The zero-order valence-electron chi connectivity index (χ0n) is 21.0. The van der Waals surface area contributed by atoms with Crippen LogP contribution in [0.15, 0.2) is 30.3 Å². The van der Waals surface area contributed by atoms with Crippen LogP contribution in [-0.4, -0.2) is 51.2 Å². The standard InChI is InChI=1S/C29H31Cl2FN2O4/c30-22-6-4-5-18(25(22)32)21-15-34(16-7-9-17(35)10-8-16)28(11-2-1-3-12-28)29(21)20-13-19(26(36)37)23(31)14-24(20)33-27(29)38/h4-6,13-14,16-17,21,35H,1-3,7-12,15H2,(H,33,38)(H,36,37)/t16-,17-,21-,29?/m1/s1. The van der Waals surface area contributed by atoms with E-state index in [1.165, 1.54) is 18.2 Å². The smallest absolute Gasteiger partial charge is 0.337 e. The normalized spacial score (nSPS) is 30.5. The Hall–Kier alpha value is -2.19. The zero-order chi connectivity index (χ0) is 26.8. The van der Waals surface area contributed by atoms with Gasteiger partial charge in [0.1, 0.15) is 11.2 Å². The van der Waals surface area contributed by atoms with E-state index in [1.807, 2.05) is 0 Å². The molecule has 0 bridgehead atoms. The van der Waals surface area contributed by atoms with E-state index in [-0.39, 0.29) is 33.7 Å². The maximum Gasteiger partial charge on any atom is 0.337 e. The molecule has 6 rings (SSSR count). The second-order valence-electron chi connectivity index (χ2n) is 11.3. The minimum atomic E-state index is -1.22. The van der Waals surface area contributed by atoms with Crippen molar-refractivity contribution in [2.75, 3.05) is 11.9 Å². The molecule has 2 saturated carbocycles.